The number of anilines is 1. The summed E-state index contributed by atoms with van der Waals surface area (Å²) in [5.74, 6) is 0.169. The Morgan fingerprint density at radius 1 is 1.10 bits per heavy atom. The Morgan fingerprint density at radius 3 is 2.33 bits per heavy atom. The van der Waals surface area contributed by atoms with Gasteiger partial charge in [0.15, 0.2) is 0 Å². The maximum atomic E-state index is 5.67. The number of benzene rings is 1. The van der Waals surface area contributed by atoms with E-state index < -0.39 is 0 Å². The lowest BCUT2D eigenvalue weighted by atomic mass is 9.87. The van der Waals surface area contributed by atoms with Crippen LogP contribution in [-0.4, -0.2) is 21.6 Å². The SMILES string of the molecule is CCOc1nc(N)nc(Sc2ccc(C(C)(C)C)cc2)n1. The Kier molecular flexibility index (Phi) is 4.67. The van der Waals surface area contributed by atoms with Gasteiger partial charge in [0.25, 0.3) is 0 Å². The summed E-state index contributed by atoms with van der Waals surface area (Å²) < 4.78 is 5.27. The molecule has 1 aromatic carbocycles. The van der Waals surface area contributed by atoms with E-state index in [9.17, 15) is 0 Å². The number of nitrogens with two attached hydrogens (primary N) is 1. The van der Waals surface area contributed by atoms with E-state index in [0.29, 0.717) is 11.8 Å². The van der Waals surface area contributed by atoms with Gasteiger partial charge in [0.05, 0.1) is 6.61 Å². The van der Waals surface area contributed by atoms with Crippen LogP contribution in [0.2, 0.25) is 0 Å². The van der Waals surface area contributed by atoms with E-state index in [2.05, 4.69) is 60.0 Å². The minimum Gasteiger partial charge on any atom is -0.464 e. The first-order valence-corrected chi connectivity index (χ1v) is 7.63. The Hall–Kier alpha value is -1.82. The normalized spacial score (nSPS) is 11.4. The molecular formula is C15H20N4OS. The van der Waals surface area contributed by atoms with Crippen molar-refractivity contribution in [3.05, 3.63) is 29.8 Å². The molecule has 2 N–H and O–H groups in total. The van der Waals surface area contributed by atoms with Gasteiger partial charge in [-0.2, -0.15) is 15.0 Å². The van der Waals surface area contributed by atoms with E-state index in [1.807, 2.05) is 6.92 Å². The van der Waals surface area contributed by atoms with E-state index in [1.165, 1.54) is 17.3 Å². The summed E-state index contributed by atoms with van der Waals surface area (Å²) in [5.41, 5.74) is 7.10. The Labute approximate surface area is 129 Å². The first-order chi connectivity index (χ1) is 9.88. The monoisotopic (exact) mass is 304 g/mol. The molecule has 2 rings (SSSR count). The second-order valence-corrected chi connectivity index (χ2v) is 6.61. The molecule has 0 aliphatic carbocycles. The molecule has 0 bridgehead atoms. The van der Waals surface area contributed by atoms with Crippen LogP contribution in [0.5, 0.6) is 6.01 Å². The number of nitrogen functional groups attached to an aromatic ring is 1. The molecule has 0 unspecified atom stereocenters. The van der Waals surface area contributed by atoms with Crippen LogP contribution >= 0.6 is 11.8 Å². The highest BCUT2D eigenvalue weighted by Gasteiger charge is 2.13. The number of hydrogen-bond donors (Lipinski definition) is 1. The van der Waals surface area contributed by atoms with Crippen molar-refractivity contribution in [3.8, 4) is 6.01 Å². The molecule has 0 aliphatic heterocycles. The number of ether oxygens (including phenoxy) is 1. The third kappa shape index (κ3) is 4.32. The first kappa shape index (κ1) is 15.6. The highest BCUT2D eigenvalue weighted by Crippen LogP contribution is 2.29. The van der Waals surface area contributed by atoms with Crippen LogP contribution in [0.25, 0.3) is 0 Å². The van der Waals surface area contributed by atoms with Gasteiger partial charge in [0.1, 0.15) is 0 Å². The second kappa shape index (κ2) is 6.30. The largest absolute Gasteiger partial charge is 0.464 e. The zero-order chi connectivity index (χ0) is 15.5. The maximum absolute atomic E-state index is 5.67. The van der Waals surface area contributed by atoms with E-state index in [1.54, 1.807) is 0 Å². The number of nitrogens with zero attached hydrogens (tertiary/aromatic N) is 3. The van der Waals surface area contributed by atoms with Crippen LogP contribution in [0.1, 0.15) is 33.3 Å². The van der Waals surface area contributed by atoms with Gasteiger partial charge < -0.3 is 10.5 Å². The fraction of sp³-hybridized carbons (Fsp3) is 0.400. The summed E-state index contributed by atoms with van der Waals surface area (Å²) in [6, 6.07) is 8.63. The average molecular weight is 304 g/mol. The van der Waals surface area contributed by atoms with Crippen LogP contribution in [0, 0.1) is 0 Å². The molecule has 6 heteroatoms. The Morgan fingerprint density at radius 2 is 1.76 bits per heavy atom. The Bertz CT molecular complexity index is 608. The number of hydrogen-bond acceptors (Lipinski definition) is 6. The quantitative estimate of drug-likeness (QED) is 0.934. The molecule has 5 nitrogen and oxygen atoms in total. The fourth-order valence-electron chi connectivity index (χ4n) is 1.72. The molecule has 2 aromatic rings. The van der Waals surface area contributed by atoms with Gasteiger partial charge in [-0.1, -0.05) is 32.9 Å². The molecule has 0 radical (unpaired) electrons. The molecule has 1 aromatic heterocycles. The van der Waals surface area contributed by atoms with Gasteiger partial charge in [0, 0.05) is 4.90 Å². The topological polar surface area (TPSA) is 73.9 Å². The summed E-state index contributed by atoms with van der Waals surface area (Å²) in [5, 5.41) is 0.537. The minimum absolute atomic E-state index is 0.142. The molecule has 0 fully saturated rings. The van der Waals surface area contributed by atoms with E-state index in [4.69, 9.17) is 10.5 Å². The highest BCUT2D eigenvalue weighted by atomic mass is 32.2. The van der Waals surface area contributed by atoms with Crippen LogP contribution in [0.4, 0.5) is 5.95 Å². The van der Waals surface area contributed by atoms with E-state index in [-0.39, 0.29) is 17.4 Å². The van der Waals surface area contributed by atoms with Crippen molar-refractivity contribution in [2.45, 2.75) is 43.2 Å². The molecule has 1 heterocycles. The van der Waals surface area contributed by atoms with Crippen LogP contribution < -0.4 is 10.5 Å². The molecule has 21 heavy (non-hydrogen) atoms. The van der Waals surface area contributed by atoms with E-state index in [0.717, 1.165) is 4.90 Å². The van der Waals surface area contributed by atoms with E-state index >= 15 is 0 Å². The van der Waals surface area contributed by atoms with Gasteiger partial charge in [-0.3, -0.25) is 0 Å². The first-order valence-electron chi connectivity index (χ1n) is 6.81. The lowest BCUT2D eigenvalue weighted by molar-refractivity contribution is 0.308. The minimum atomic E-state index is 0.142. The summed E-state index contributed by atoms with van der Waals surface area (Å²) in [7, 11) is 0. The molecule has 112 valence electrons. The predicted molar refractivity (Wildman–Crippen MR) is 84.7 cm³/mol. The van der Waals surface area contributed by atoms with Crippen LogP contribution in [0.3, 0.4) is 0 Å². The molecule has 0 spiro atoms. The molecular weight excluding hydrogens is 284 g/mol. The van der Waals surface area contributed by atoms with Gasteiger partial charge in [-0.15, -0.1) is 0 Å². The lowest BCUT2D eigenvalue weighted by Gasteiger charge is -2.18. The summed E-state index contributed by atoms with van der Waals surface area (Å²) in [6.45, 7) is 8.94. The molecule has 0 saturated heterocycles. The number of rotatable bonds is 4. The number of aromatic nitrogens is 3. The zero-order valence-electron chi connectivity index (χ0n) is 12.8. The molecule has 0 aliphatic rings. The Balaban J connectivity index is 2.18. The van der Waals surface area contributed by atoms with Gasteiger partial charge >= 0.3 is 6.01 Å². The summed E-state index contributed by atoms with van der Waals surface area (Å²) >= 11 is 1.44. The van der Waals surface area contributed by atoms with Gasteiger partial charge in [-0.05, 0) is 41.8 Å². The maximum Gasteiger partial charge on any atom is 0.322 e. The van der Waals surface area contributed by atoms with Crippen LogP contribution in [-0.2, 0) is 5.41 Å². The average Bonchev–Trinajstić information content (AvgIpc) is 2.38. The van der Waals surface area contributed by atoms with Crippen molar-refractivity contribution >= 4 is 17.7 Å². The van der Waals surface area contributed by atoms with Gasteiger partial charge in [-0.25, -0.2) is 0 Å². The molecule has 0 atom stereocenters. The summed E-state index contributed by atoms with van der Waals surface area (Å²) in [6.07, 6.45) is 0. The summed E-state index contributed by atoms with van der Waals surface area (Å²) in [4.78, 5) is 13.3. The van der Waals surface area contributed by atoms with Crippen molar-refractivity contribution in [1.82, 2.24) is 15.0 Å². The predicted octanol–water partition coefficient (Wildman–Crippen LogP) is 3.30. The van der Waals surface area contributed by atoms with Crippen molar-refractivity contribution in [2.75, 3.05) is 12.3 Å². The third-order valence-corrected chi connectivity index (χ3v) is 3.69. The van der Waals surface area contributed by atoms with Crippen molar-refractivity contribution in [1.29, 1.82) is 0 Å². The standard InChI is InChI=1S/C15H20N4OS/c1-5-20-13-17-12(16)18-14(19-13)21-11-8-6-10(7-9-11)15(2,3)4/h6-9H,5H2,1-4H3,(H2,16,17,18,19). The van der Waals surface area contributed by atoms with Crippen molar-refractivity contribution in [3.63, 3.8) is 0 Å². The van der Waals surface area contributed by atoms with Crippen LogP contribution in [0.15, 0.2) is 34.3 Å². The molecule has 0 saturated carbocycles. The van der Waals surface area contributed by atoms with Crippen molar-refractivity contribution in [2.24, 2.45) is 0 Å². The highest BCUT2D eigenvalue weighted by molar-refractivity contribution is 7.99. The van der Waals surface area contributed by atoms with Gasteiger partial charge in [0.2, 0.25) is 11.1 Å². The smallest absolute Gasteiger partial charge is 0.322 e. The zero-order valence-corrected chi connectivity index (χ0v) is 13.6. The second-order valence-electron chi connectivity index (χ2n) is 5.57. The third-order valence-electron chi connectivity index (χ3n) is 2.81. The lowest BCUT2D eigenvalue weighted by Crippen LogP contribution is -2.10. The molecule has 0 amide bonds. The fourth-order valence-corrected chi connectivity index (χ4v) is 2.47. The van der Waals surface area contributed by atoms with Crippen molar-refractivity contribution < 1.29 is 4.74 Å².